The predicted octanol–water partition coefficient (Wildman–Crippen LogP) is 0.627. The zero-order valence-electron chi connectivity index (χ0n) is 6.53. The number of pyridine rings is 1. The molecule has 0 amide bonds. The predicted molar refractivity (Wildman–Crippen MR) is 44.9 cm³/mol. The number of rotatable bonds is 0. The first kappa shape index (κ1) is 6.97. The number of aromatic amines is 1. The molecule has 2 aromatic heterocycles. The Kier molecular flexibility index (Phi) is 1.40. The number of nitrogens with zero attached hydrogens (tertiary/aromatic N) is 2. The average Bonchev–Trinajstić information content (AvgIpc) is 2.07. The zero-order chi connectivity index (χ0) is 8.55. The minimum absolute atomic E-state index is 0.191. The molecule has 0 bridgehead atoms. The van der Waals surface area contributed by atoms with E-state index in [0.717, 1.165) is 5.56 Å². The third-order valence-electron chi connectivity index (χ3n) is 1.65. The van der Waals surface area contributed by atoms with E-state index in [9.17, 15) is 4.79 Å². The van der Waals surface area contributed by atoms with Gasteiger partial charge in [-0.05, 0) is 18.6 Å². The van der Waals surface area contributed by atoms with E-state index >= 15 is 0 Å². The van der Waals surface area contributed by atoms with Crippen molar-refractivity contribution in [2.24, 2.45) is 0 Å². The van der Waals surface area contributed by atoms with Crippen LogP contribution >= 0.6 is 0 Å². The topological polar surface area (TPSA) is 58.6 Å². The maximum absolute atomic E-state index is 11.2. The molecule has 2 heterocycles. The molecule has 0 aliphatic carbocycles. The first-order valence-electron chi connectivity index (χ1n) is 3.57. The van der Waals surface area contributed by atoms with Crippen molar-refractivity contribution in [1.29, 1.82) is 0 Å². The van der Waals surface area contributed by atoms with E-state index in [2.05, 4.69) is 15.2 Å². The summed E-state index contributed by atoms with van der Waals surface area (Å²) in [4.78, 5) is 15.2. The highest BCUT2D eigenvalue weighted by Crippen LogP contribution is 2.05. The molecule has 60 valence electrons. The summed E-state index contributed by atoms with van der Waals surface area (Å²) >= 11 is 0. The van der Waals surface area contributed by atoms with Gasteiger partial charge in [-0.2, -0.15) is 5.10 Å². The van der Waals surface area contributed by atoms with Gasteiger partial charge in [-0.1, -0.05) is 0 Å². The van der Waals surface area contributed by atoms with E-state index in [1.807, 2.05) is 6.92 Å². The molecule has 0 aromatic carbocycles. The van der Waals surface area contributed by atoms with Gasteiger partial charge in [0.15, 0.2) is 0 Å². The molecule has 0 fully saturated rings. The van der Waals surface area contributed by atoms with Gasteiger partial charge in [-0.3, -0.25) is 9.78 Å². The van der Waals surface area contributed by atoms with Crippen molar-refractivity contribution in [3.05, 3.63) is 34.4 Å². The Bertz CT molecular complexity index is 475. The van der Waals surface area contributed by atoms with E-state index in [4.69, 9.17) is 0 Å². The van der Waals surface area contributed by atoms with Crippen LogP contribution in [0.5, 0.6) is 0 Å². The normalized spacial score (nSPS) is 10.4. The summed E-state index contributed by atoms with van der Waals surface area (Å²) < 4.78 is 0. The lowest BCUT2D eigenvalue weighted by molar-refractivity contribution is 1.00. The van der Waals surface area contributed by atoms with E-state index in [1.165, 1.54) is 6.20 Å². The number of hydrogen-bond donors (Lipinski definition) is 1. The van der Waals surface area contributed by atoms with Crippen LogP contribution in [0.25, 0.3) is 10.9 Å². The Labute approximate surface area is 68.3 Å². The maximum Gasteiger partial charge on any atom is 0.273 e. The summed E-state index contributed by atoms with van der Waals surface area (Å²) in [5.41, 5.74) is 1.41. The van der Waals surface area contributed by atoms with Crippen molar-refractivity contribution in [1.82, 2.24) is 15.2 Å². The second kappa shape index (κ2) is 2.41. The van der Waals surface area contributed by atoms with E-state index in [0.29, 0.717) is 10.9 Å². The Balaban J connectivity index is 2.98. The van der Waals surface area contributed by atoms with E-state index in [1.54, 1.807) is 12.3 Å². The third kappa shape index (κ3) is 0.972. The quantitative estimate of drug-likeness (QED) is 0.616. The zero-order valence-corrected chi connectivity index (χ0v) is 6.53. The Morgan fingerprint density at radius 1 is 1.42 bits per heavy atom. The lowest BCUT2D eigenvalue weighted by atomic mass is 10.2. The fraction of sp³-hybridized carbons (Fsp3) is 0.125. The van der Waals surface area contributed by atoms with Gasteiger partial charge in [0.05, 0.1) is 17.1 Å². The van der Waals surface area contributed by atoms with Crippen LogP contribution in [0, 0.1) is 6.92 Å². The van der Waals surface area contributed by atoms with Gasteiger partial charge in [-0.25, -0.2) is 5.10 Å². The summed E-state index contributed by atoms with van der Waals surface area (Å²) in [6, 6.07) is 1.79. The molecule has 4 nitrogen and oxygen atoms in total. The van der Waals surface area contributed by atoms with Crippen LogP contribution in [-0.2, 0) is 0 Å². The standard InChI is InChI=1S/C8H7N3O/c1-5-2-6-7(9-3-5)4-10-11-8(6)12/h2-4H,1H3,(H,11,12). The molecule has 0 aliphatic rings. The van der Waals surface area contributed by atoms with Gasteiger partial charge in [0, 0.05) is 6.20 Å². The van der Waals surface area contributed by atoms with E-state index < -0.39 is 0 Å². The molecular formula is C8H7N3O. The molecular weight excluding hydrogens is 154 g/mol. The Morgan fingerprint density at radius 3 is 3.08 bits per heavy atom. The minimum atomic E-state index is -0.191. The highest BCUT2D eigenvalue weighted by molar-refractivity contribution is 5.76. The first-order chi connectivity index (χ1) is 5.77. The van der Waals surface area contributed by atoms with Crippen LogP contribution in [0.15, 0.2) is 23.3 Å². The lowest BCUT2D eigenvalue weighted by Gasteiger charge is -1.94. The summed E-state index contributed by atoms with van der Waals surface area (Å²) in [5.74, 6) is 0. The van der Waals surface area contributed by atoms with E-state index in [-0.39, 0.29) is 5.56 Å². The molecule has 0 atom stereocenters. The van der Waals surface area contributed by atoms with Crippen LogP contribution in [0.2, 0.25) is 0 Å². The van der Waals surface area contributed by atoms with Gasteiger partial charge in [0.2, 0.25) is 0 Å². The van der Waals surface area contributed by atoms with Gasteiger partial charge < -0.3 is 0 Å². The van der Waals surface area contributed by atoms with Gasteiger partial charge in [-0.15, -0.1) is 0 Å². The minimum Gasteiger partial charge on any atom is -0.267 e. The Hall–Kier alpha value is -1.71. The van der Waals surface area contributed by atoms with Crippen LogP contribution < -0.4 is 5.56 Å². The van der Waals surface area contributed by atoms with Crippen molar-refractivity contribution < 1.29 is 0 Å². The Morgan fingerprint density at radius 2 is 2.25 bits per heavy atom. The molecule has 12 heavy (non-hydrogen) atoms. The summed E-state index contributed by atoms with van der Waals surface area (Å²) in [7, 11) is 0. The molecule has 0 aliphatic heterocycles. The first-order valence-corrected chi connectivity index (χ1v) is 3.57. The van der Waals surface area contributed by atoms with Crippen molar-refractivity contribution in [3.8, 4) is 0 Å². The van der Waals surface area contributed by atoms with Crippen LogP contribution in [0.3, 0.4) is 0 Å². The number of fused-ring (bicyclic) bond motifs is 1. The molecule has 0 radical (unpaired) electrons. The number of nitrogens with one attached hydrogen (secondary N) is 1. The van der Waals surface area contributed by atoms with Crippen LogP contribution in [0.4, 0.5) is 0 Å². The smallest absolute Gasteiger partial charge is 0.267 e. The molecule has 0 saturated carbocycles. The lowest BCUT2D eigenvalue weighted by Crippen LogP contribution is -2.08. The van der Waals surface area contributed by atoms with Crippen molar-refractivity contribution in [2.75, 3.05) is 0 Å². The fourth-order valence-electron chi connectivity index (χ4n) is 1.08. The average molecular weight is 161 g/mol. The monoisotopic (exact) mass is 161 g/mol. The van der Waals surface area contributed by atoms with Gasteiger partial charge in [0.1, 0.15) is 0 Å². The molecule has 4 heteroatoms. The van der Waals surface area contributed by atoms with Crippen LogP contribution in [0.1, 0.15) is 5.56 Å². The number of aryl methyl sites for hydroxylation is 1. The highest BCUT2D eigenvalue weighted by Gasteiger charge is 1.98. The molecule has 2 aromatic rings. The number of hydrogen-bond acceptors (Lipinski definition) is 3. The third-order valence-corrected chi connectivity index (χ3v) is 1.65. The largest absolute Gasteiger partial charge is 0.273 e. The van der Waals surface area contributed by atoms with Crippen LogP contribution in [-0.4, -0.2) is 15.2 Å². The summed E-state index contributed by atoms with van der Waals surface area (Å²) in [6.07, 6.45) is 3.25. The van der Waals surface area contributed by atoms with Crippen molar-refractivity contribution in [3.63, 3.8) is 0 Å². The summed E-state index contributed by atoms with van der Waals surface area (Å²) in [5, 5.41) is 6.59. The second-order valence-corrected chi connectivity index (χ2v) is 2.64. The SMILES string of the molecule is Cc1cnc2cn[nH]c(=O)c2c1. The van der Waals surface area contributed by atoms with Crippen molar-refractivity contribution >= 4 is 10.9 Å². The molecule has 0 unspecified atom stereocenters. The maximum atomic E-state index is 11.2. The molecule has 0 saturated heterocycles. The highest BCUT2D eigenvalue weighted by atomic mass is 16.1. The van der Waals surface area contributed by atoms with Gasteiger partial charge >= 0.3 is 0 Å². The molecule has 2 rings (SSSR count). The van der Waals surface area contributed by atoms with Gasteiger partial charge in [0.25, 0.3) is 5.56 Å². The summed E-state index contributed by atoms with van der Waals surface area (Å²) in [6.45, 7) is 1.90. The number of aromatic nitrogens is 3. The molecule has 0 spiro atoms. The fourth-order valence-corrected chi connectivity index (χ4v) is 1.08. The number of H-pyrrole nitrogens is 1. The molecule has 1 N–H and O–H groups in total. The van der Waals surface area contributed by atoms with Crippen molar-refractivity contribution in [2.45, 2.75) is 6.92 Å². The second-order valence-electron chi connectivity index (χ2n) is 2.64.